The molecule has 1 aromatic heterocycles. The normalized spacial score (nSPS) is 14.8. The quantitative estimate of drug-likeness (QED) is 0.186. The zero-order chi connectivity index (χ0) is 28.1. The Hall–Kier alpha value is -3.67. The maximum Gasteiger partial charge on any atom is 0.280 e. The number of thiazole rings is 1. The number of aromatic nitrogens is 1. The summed E-state index contributed by atoms with van der Waals surface area (Å²) in [6, 6.07) is 17.3. The highest BCUT2D eigenvalue weighted by atomic mass is 32.2. The fraction of sp³-hybridized carbons (Fsp3) is 0.276. The minimum Gasteiger partial charge on any atom is -0.494 e. The second kappa shape index (κ2) is 12.2. The van der Waals surface area contributed by atoms with Gasteiger partial charge in [-0.2, -0.15) is 14.4 Å². The number of nitrogens with zero attached hydrogens (tertiary/aromatic N) is 4. The van der Waals surface area contributed by atoms with Crippen LogP contribution in [0.2, 0.25) is 0 Å². The van der Waals surface area contributed by atoms with Crippen LogP contribution in [0.3, 0.4) is 0 Å². The molecule has 1 aliphatic rings. The van der Waals surface area contributed by atoms with Crippen LogP contribution in [0.5, 0.6) is 5.75 Å². The number of ether oxygens (including phenoxy) is 1. The van der Waals surface area contributed by atoms with Crippen LogP contribution in [0, 0.1) is 5.82 Å². The molecule has 0 atom stereocenters. The molecule has 0 unspecified atom stereocenters. The second-order valence-corrected chi connectivity index (χ2v) is 12.3. The topological polar surface area (TPSA) is 92.2 Å². The van der Waals surface area contributed by atoms with E-state index in [0.717, 1.165) is 53.3 Å². The van der Waals surface area contributed by atoms with Gasteiger partial charge in [0.05, 0.1) is 27.9 Å². The molecule has 0 saturated carbocycles. The van der Waals surface area contributed by atoms with Gasteiger partial charge in [0, 0.05) is 18.7 Å². The number of halogens is 1. The molecule has 2 heterocycles. The summed E-state index contributed by atoms with van der Waals surface area (Å²) in [6.07, 6.45) is 5.24. The number of sulfonamides is 1. The summed E-state index contributed by atoms with van der Waals surface area (Å²) < 4.78 is 47.8. The van der Waals surface area contributed by atoms with Gasteiger partial charge in [-0.1, -0.05) is 24.2 Å². The first-order chi connectivity index (χ1) is 19.3. The molecule has 0 bridgehead atoms. The summed E-state index contributed by atoms with van der Waals surface area (Å²) >= 11 is 1.13. The molecule has 0 spiro atoms. The molecule has 1 fully saturated rings. The van der Waals surface area contributed by atoms with Crippen molar-refractivity contribution < 1.29 is 22.3 Å². The Balaban J connectivity index is 1.45. The number of fused-ring (bicyclic) bond motifs is 1. The molecule has 1 aliphatic heterocycles. The Morgan fingerprint density at radius 2 is 1.75 bits per heavy atom. The van der Waals surface area contributed by atoms with Crippen LogP contribution < -0.4 is 9.75 Å². The molecule has 1 saturated heterocycles. The van der Waals surface area contributed by atoms with Crippen LogP contribution in [-0.4, -0.2) is 49.5 Å². The summed E-state index contributed by atoms with van der Waals surface area (Å²) in [6.45, 7) is 3.44. The number of hydrogen-bond donors (Lipinski definition) is 0. The first-order valence-corrected chi connectivity index (χ1v) is 15.4. The summed E-state index contributed by atoms with van der Waals surface area (Å²) in [4.78, 5) is 18.3. The minimum absolute atomic E-state index is 0.144. The fourth-order valence-corrected chi connectivity index (χ4v) is 6.89. The Labute approximate surface area is 236 Å². The van der Waals surface area contributed by atoms with Gasteiger partial charge < -0.3 is 4.74 Å². The third kappa shape index (κ3) is 6.22. The highest BCUT2D eigenvalue weighted by Crippen LogP contribution is 2.31. The van der Waals surface area contributed by atoms with Gasteiger partial charge in [-0.05, 0) is 92.1 Å². The van der Waals surface area contributed by atoms with E-state index in [1.165, 1.54) is 46.9 Å². The largest absolute Gasteiger partial charge is 0.494 e. The van der Waals surface area contributed by atoms with Gasteiger partial charge in [0.25, 0.3) is 5.91 Å². The lowest BCUT2D eigenvalue weighted by atomic mass is 10.2. The van der Waals surface area contributed by atoms with E-state index in [1.54, 1.807) is 18.2 Å². The van der Waals surface area contributed by atoms with Gasteiger partial charge in [-0.3, -0.25) is 4.79 Å². The molecule has 5 rings (SSSR count). The number of carbonyl (C=O) groups is 1. The van der Waals surface area contributed by atoms with Crippen molar-refractivity contribution in [2.24, 2.45) is 5.10 Å². The molecule has 40 heavy (non-hydrogen) atoms. The first kappa shape index (κ1) is 27.9. The summed E-state index contributed by atoms with van der Waals surface area (Å²) in [5.41, 5.74) is 1.51. The van der Waals surface area contributed by atoms with Crippen molar-refractivity contribution >= 4 is 48.8 Å². The number of benzene rings is 3. The van der Waals surface area contributed by atoms with E-state index < -0.39 is 21.7 Å². The van der Waals surface area contributed by atoms with Gasteiger partial charge >= 0.3 is 0 Å². The molecule has 208 valence electrons. The Morgan fingerprint density at radius 1 is 1.05 bits per heavy atom. The molecular weight excluding hydrogens is 551 g/mol. The molecule has 0 N–H and O–H groups in total. The molecule has 8 nitrogen and oxygen atoms in total. The lowest BCUT2D eigenvalue weighted by Crippen LogP contribution is -2.32. The van der Waals surface area contributed by atoms with E-state index in [0.29, 0.717) is 29.9 Å². The van der Waals surface area contributed by atoms with Gasteiger partial charge in [-0.25, -0.2) is 17.8 Å². The highest BCUT2D eigenvalue weighted by molar-refractivity contribution is 7.89. The number of hydrazone groups is 1. The maximum atomic E-state index is 13.8. The van der Waals surface area contributed by atoms with Crippen LogP contribution in [0.15, 0.2) is 76.7 Å². The van der Waals surface area contributed by atoms with Crippen molar-refractivity contribution in [3.05, 3.63) is 83.7 Å². The predicted octanol–water partition coefficient (Wildman–Crippen LogP) is 6.08. The van der Waals surface area contributed by atoms with Crippen molar-refractivity contribution in [2.45, 2.75) is 37.5 Å². The third-order valence-electron chi connectivity index (χ3n) is 6.53. The van der Waals surface area contributed by atoms with E-state index in [-0.39, 0.29) is 15.6 Å². The lowest BCUT2D eigenvalue weighted by Gasteiger charge is -2.20. The van der Waals surface area contributed by atoms with Gasteiger partial charge in [0.1, 0.15) is 11.6 Å². The number of hydrogen-bond acceptors (Lipinski definition) is 7. The molecule has 4 aromatic rings. The molecule has 1 amide bonds. The average molecular weight is 581 g/mol. The lowest BCUT2D eigenvalue weighted by molar-refractivity contribution is 0.0987. The highest BCUT2D eigenvalue weighted by Gasteiger charge is 2.26. The minimum atomic E-state index is -3.65. The molecule has 0 aliphatic carbocycles. The summed E-state index contributed by atoms with van der Waals surface area (Å²) in [5.74, 6) is -0.184. The second-order valence-electron chi connectivity index (χ2n) is 9.31. The van der Waals surface area contributed by atoms with Crippen LogP contribution >= 0.6 is 11.3 Å². The van der Waals surface area contributed by atoms with E-state index in [2.05, 4.69) is 10.1 Å². The molecule has 0 radical (unpaired) electrons. The van der Waals surface area contributed by atoms with Crippen LogP contribution in [0.4, 0.5) is 9.52 Å². The van der Waals surface area contributed by atoms with E-state index in [9.17, 15) is 17.6 Å². The van der Waals surface area contributed by atoms with Crippen LogP contribution in [0.25, 0.3) is 10.2 Å². The van der Waals surface area contributed by atoms with E-state index in [4.69, 9.17) is 4.74 Å². The zero-order valence-electron chi connectivity index (χ0n) is 22.0. The number of carbonyl (C=O) groups excluding carboxylic acids is 1. The van der Waals surface area contributed by atoms with Crippen molar-refractivity contribution in [1.29, 1.82) is 0 Å². The summed E-state index contributed by atoms with van der Waals surface area (Å²) in [5, 5.41) is 5.84. The summed E-state index contributed by atoms with van der Waals surface area (Å²) in [7, 11) is -3.65. The number of anilines is 1. The Kier molecular flexibility index (Phi) is 8.53. The van der Waals surface area contributed by atoms with E-state index in [1.807, 2.05) is 19.1 Å². The smallest absolute Gasteiger partial charge is 0.280 e. The van der Waals surface area contributed by atoms with Crippen LogP contribution in [0.1, 0.15) is 48.5 Å². The van der Waals surface area contributed by atoms with Crippen molar-refractivity contribution in [1.82, 2.24) is 9.29 Å². The maximum absolute atomic E-state index is 13.8. The van der Waals surface area contributed by atoms with Crippen molar-refractivity contribution in [3.8, 4) is 5.75 Å². The number of rotatable bonds is 8. The van der Waals surface area contributed by atoms with E-state index >= 15 is 0 Å². The monoisotopic (exact) mass is 580 g/mol. The van der Waals surface area contributed by atoms with Crippen molar-refractivity contribution in [2.75, 3.05) is 24.7 Å². The standard InChI is InChI=1S/C29H29FN4O4S2/c1-2-38-24-12-7-21(8-13-24)20-31-34(29-32-26-16-11-23(30)19-27(26)39-29)28(35)22-9-14-25(15-10-22)40(36,37)33-17-5-3-4-6-18-33/h7-16,19-20H,2-6,17-18H2,1H3/b31-20+. The predicted molar refractivity (Wildman–Crippen MR) is 155 cm³/mol. The third-order valence-corrected chi connectivity index (χ3v) is 9.44. The first-order valence-electron chi connectivity index (χ1n) is 13.1. The SMILES string of the molecule is CCOc1ccc(/C=N/N(C(=O)c2ccc(S(=O)(=O)N3CCCCCC3)cc2)c2nc3ccc(F)cc3s2)cc1. The Morgan fingerprint density at radius 3 is 2.42 bits per heavy atom. The average Bonchev–Trinajstić information content (AvgIpc) is 3.16. The molecular formula is C29H29FN4O4S2. The zero-order valence-corrected chi connectivity index (χ0v) is 23.6. The Bertz CT molecular complexity index is 1610. The van der Waals surface area contributed by atoms with Crippen LogP contribution in [-0.2, 0) is 10.0 Å². The molecule has 11 heteroatoms. The van der Waals surface area contributed by atoms with Crippen molar-refractivity contribution in [3.63, 3.8) is 0 Å². The molecule has 3 aromatic carbocycles. The van der Waals surface area contributed by atoms with Gasteiger partial charge in [-0.15, -0.1) is 0 Å². The van der Waals surface area contributed by atoms with Gasteiger partial charge in [0.15, 0.2) is 0 Å². The fourth-order valence-electron chi connectivity index (χ4n) is 4.43. The van der Waals surface area contributed by atoms with Gasteiger partial charge in [0.2, 0.25) is 15.2 Å². The number of amides is 1.